The van der Waals surface area contributed by atoms with Crippen molar-refractivity contribution in [3.05, 3.63) is 35.9 Å². The van der Waals surface area contributed by atoms with Crippen molar-refractivity contribution in [1.82, 2.24) is 15.5 Å². The topological polar surface area (TPSA) is 87.5 Å². The Morgan fingerprint density at radius 1 is 1.18 bits per heavy atom. The minimum absolute atomic E-state index is 0. The van der Waals surface area contributed by atoms with Gasteiger partial charge in [0.2, 0.25) is 5.91 Å². The molecule has 0 radical (unpaired) electrons. The van der Waals surface area contributed by atoms with E-state index >= 15 is 0 Å². The molecule has 1 aliphatic rings. The van der Waals surface area contributed by atoms with Crippen molar-refractivity contribution in [3.8, 4) is 0 Å². The van der Waals surface area contributed by atoms with Gasteiger partial charge in [-0.15, -0.1) is 12.4 Å². The molecule has 1 aromatic rings. The van der Waals surface area contributed by atoms with Gasteiger partial charge in [-0.25, -0.2) is 4.79 Å². The van der Waals surface area contributed by atoms with E-state index in [4.69, 9.17) is 5.73 Å². The second-order valence-electron chi connectivity index (χ2n) is 8.01. The van der Waals surface area contributed by atoms with Crippen molar-refractivity contribution in [2.75, 3.05) is 13.6 Å². The third-order valence-corrected chi connectivity index (χ3v) is 5.52. The summed E-state index contributed by atoms with van der Waals surface area (Å²) in [6, 6.07) is 9.52. The van der Waals surface area contributed by atoms with Crippen LogP contribution in [0.3, 0.4) is 0 Å². The zero-order valence-electron chi connectivity index (χ0n) is 17.2. The van der Waals surface area contributed by atoms with Crippen LogP contribution in [0.15, 0.2) is 30.3 Å². The summed E-state index contributed by atoms with van der Waals surface area (Å²) in [7, 11) is 1.80. The maximum Gasteiger partial charge on any atom is 0.315 e. The number of rotatable bonds is 8. The van der Waals surface area contributed by atoms with Gasteiger partial charge >= 0.3 is 6.03 Å². The van der Waals surface area contributed by atoms with Crippen LogP contribution in [0, 0.1) is 5.92 Å². The first-order chi connectivity index (χ1) is 12.8. The maximum atomic E-state index is 13.1. The molecule has 158 valence electrons. The standard InChI is InChI=1S/C21H34N4O2.ClH/c1-16(2)18(22)11-14-25(3)19(26)21(12-7-8-13-21)24-20(27)23-15-17-9-5-4-6-10-17;/h4-6,9-10,16,18H,7-8,11-15,22H2,1-3H3,(H2,23,24,27);1H. The molecule has 3 amide bonds. The zero-order chi connectivity index (χ0) is 19.9. The molecule has 4 N–H and O–H groups in total. The molecule has 0 heterocycles. The van der Waals surface area contributed by atoms with E-state index in [1.807, 2.05) is 30.3 Å². The molecule has 1 unspecified atom stereocenters. The van der Waals surface area contributed by atoms with Gasteiger partial charge in [-0.05, 0) is 30.7 Å². The highest BCUT2D eigenvalue weighted by Crippen LogP contribution is 2.31. The highest BCUT2D eigenvalue weighted by molar-refractivity contribution is 5.91. The summed E-state index contributed by atoms with van der Waals surface area (Å²) >= 11 is 0. The lowest BCUT2D eigenvalue weighted by atomic mass is 9.95. The summed E-state index contributed by atoms with van der Waals surface area (Å²) in [5.41, 5.74) is 6.34. The fourth-order valence-electron chi connectivity index (χ4n) is 3.55. The van der Waals surface area contributed by atoms with Gasteiger partial charge in [0.05, 0.1) is 0 Å². The Balaban J connectivity index is 0.00000392. The summed E-state index contributed by atoms with van der Waals surface area (Å²) in [4.78, 5) is 27.3. The quantitative estimate of drug-likeness (QED) is 0.615. The predicted octanol–water partition coefficient (Wildman–Crippen LogP) is 3.05. The van der Waals surface area contributed by atoms with Gasteiger partial charge < -0.3 is 21.3 Å². The molecule has 1 atom stereocenters. The number of likely N-dealkylation sites (N-methyl/N-ethyl adjacent to an activating group) is 1. The lowest BCUT2D eigenvalue weighted by molar-refractivity contribution is -0.136. The first kappa shape index (κ1) is 24.2. The minimum Gasteiger partial charge on any atom is -0.344 e. The predicted molar refractivity (Wildman–Crippen MR) is 115 cm³/mol. The van der Waals surface area contributed by atoms with Crippen molar-refractivity contribution in [1.29, 1.82) is 0 Å². The Morgan fingerprint density at radius 3 is 2.36 bits per heavy atom. The van der Waals surface area contributed by atoms with Crippen LogP contribution in [0.4, 0.5) is 4.79 Å². The largest absolute Gasteiger partial charge is 0.344 e. The van der Waals surface area contributed by atoms with Crippen LogP contribution in [-0.2, 0) is 11.3 Å². The number of carbonyl (C=O) groups excluding carboxylic acids is 2. The molecule has 0 saturated heterocycles. The number of carbonyl (C=O) groups is 2. The number of hydrogen-bond donors (Lipinski definition) is 3. The van der Waals surface area contributed by atoms with Gasteiger partial charge in [0.15, 0.2) is 0 Å². The van der Waals surface area contributed by atoms with Gasteiger partial charge in [0, 0.05) is 26.2 Å². The van der Waals surface area contributed by atoms with Gasteiger partial charge in [0.25, 0.3) is 0 Å². The van der Waals surface area contributed by atoms with E-state index in [-0.39, 0.29) is 30.4 Å². The maximum absolute atomic E-state index is 13.1. The molecule has 1 aliphatic carbocycles. The van der Waals surface area contributed by atoms with Crippen molar-refractivity contribution in [3.63, 3.8) is 0 Å². The fourth-order valence-corrected chi connectivity index (χ4v) is 3.55. The number of hydrogen-bond acceptors (Lipinski definition) is 3. The number of amides is 3. The van der Waals surface area contributed by atoms with Crippen LogP contribution < -0.4 is 16.4 Å². The second kappa shape index (κ2) is 11.3. The third kappa shape index (κ3) is 6.67. The number of nitrogens with two attached hydrogens (primary N) is 1. The highest BCUT2D eigenvalue weighted by Gasteiger charge is 2.44. The summed E-state index contributed by atoms with van der Waals surface area (Å²) in [5.74, 6) is 0.377. The Bertz CT molecular complexity index is 618. The van der Waals surface area contributed by atoms with Gasteiger partial charge in [0.1, 0.15) is 5.54 Å². The van der Waals surface area contributed by atoms with E-state index in [0.29, 0.717) is 31.8 Å². The molecule has 0 aromatic heterocycles. The molecule has 0 aliphatic heterocycles. The van der Waals surface area contributed by atoms with Crippen LogP contribution >= 0.6 is 12.4 Å². The van der Waals surface area contributed by atoms with E-state index < -0.39 is 5.54 Å². The molecular formula is C21H35ClN4O2. The molecule has 0 bridgehead atoms. The monoisotopic (exact) mass is 410 g/mol. The van der Waals surface area contributed by atoms with E-state index in [2.05, 4.69) is 24.5 Å². The first-order valence-corrected chi connectivity index (χ1v) is 9.95. The van der Waals surface area contributed by atoms with E-state index in [0.717, 1.165) is 24.8 Å². The molecule has 1 saturated carbocycles. The molecule has 2 rings (SSSR count). The lowest BCUT2D eigenvalue weighted by Crippen LogP contribution is -2.59. The second-order valence-corrected chi connectivity index (χ2v) is 8.01. The number of nitrogens with one attached hydrogen (secondary N) is 2. The number of halogens is 1. The Morgan fingerprint density at radius 2 is 1.79 bits per heavy atom. The molecule has 6 nitrogen and oxygen atoms in total. The molecule has 1 fully saturated rings. The minimum atomic E-state index is -0.794. The van der Waals surface area contributed by atoms with Crippen molar-refractivity contribution in [2.24, 2.45) is 11.7 Å². The first-order valence-electron chi connectivity index (χ1n) is 9.95. The number of nitrogens with zero attached hydrogens (tertiary/aromatic N) is 1. The Labute approximate surface area is 175 Å². The summed E-state index contributed by atoms with van der Waals surface area (Å²) in [6.07, 6.45) is 4.03. The normalized spacial score (nSPS) is 16.2. The molecule has 1 aromatic carbocycles. The molecule has 7 heteroatoms. The van der Waals surface area contributed by atoms with Crippen LogP contribution in [0.2, 0.25) is 0 Å². The third-order valence-electron chi connectivity index (χ3n) is 5.52. The van der Waals surface area contributed by atoms with Crippen LogP contribution in [0.1, 0.15) is 51.5 Å². The molecule has 0 spiro atoms. The summed E-state index contributed by atoms with van der Waals surface area (Å²) in [6.45, 7) is 5.22. The van der Waals surface area contributed by atoms with Crippen LogP contribution in [0.25, 0.3) is 0 Å². The Kier molecular flexibility index (Phi) is 9.76. The van der Waals surface area contributed by atoms with E-state index in [1.54, 1.807) is 11.9 Å². The van der Waals surface area contributed by atoms with Gasteiger partial charge in [-0.1, -0.05) is 57.0 Å². The van der Waals surface area contributed by atoms with Crippen LogP contribution in [0.5, 0.6) is 0 Å². The Hall–Kier alpha value is -1.79. The summed E-state index contributed by atoms with van der Waals surface area (Å²) in [5, 5.41) is 5.85. The van der Waals surface area contributed by atoms with Gasteiger partial charge in [-0.3, -0.25) is 4.79 Å². The van der Waals surface area contributed by atoms with Crippen LogP contribution in [-0.4, -0.2) is 42.0 Å². The summed E-state index contributed by atoms with van der Waals surface area (Å²) < 4.78 is 0. The van der Waals surface area contributed by atoms with E-state index in [9.17, 15) is 9.59 Å². The number of benzene rings is 1. The molecule has 28 heavy (non-hydrogen) atoms. The lowest BCUT2D eigenvalue weighted by Gasteiger charge is -2.34. The SMILES string of the molecule is CC(C)C(N)CCN(C)C(=O)C1(NC(=O)NCc2ccccc2)CCCC1.Cl. The fraction of sp³-hybridized carbons (Fsp3) is 0.619. The number of urea groups is 1. The smallest absolute Gasteiger partial charge is 0.315 e. The van der Waals surface area contributed by atoms with E-state index in [1.165, 1.54) is 0 Å². The van der Waals surface area contributed by atoms with Crippen molar-refractivity contribution >= 4 is 24.3 Å². The van der Waals surface area contributed by atoms with Gasteiger partial charge in [-0.2, -0.15) is 0 Å². The van der Waals surface area contributed by atoms with Crippen molar-refractivity contribution in [2.45, 2.75) is 64.1 Å². The molecular weight excluding hydrogens is 376 g/mol. The zero-order valence-corrected chi connectivity index (χ0v) is 18.1. The van der Waals surface area contributed by atoms with Crippen molar-refractivity contribution < 1.29 is 9.59 Å². The average Bonchev–Trinajstić information content (AvgIpc) is 3.13. The average molecular weight is 411 g/mol. The highest BCUT2D eigenvalue weighted by atomic mass is 35.5.